The number of aromatic carboxylic acids is 1. The summed E-state index contributed by atoms with van der Waals surface area (Å²) in [5, 5.41) is 8.84. The second kappa shape index (κ2) is 5.42. The molecule has 104 valence electrons. The van der Waals surface area contributed by atoms with Crippen molar-refractivity contribution in [3.8, 4) is 0 Å². The first-order valence-corrected chi connectivity index (χ1v) is 7.35. The van der Waals surface area contributed by atoms with Gasteiger partial charge < -0.3 is 5.11 Å². The van der Waals surface area contributed by atoms with E-state index >= 15 is 0 Å². The number of carboxylic acid groups (broad SMARTS) is 1. The first-order chi connectivity index (χ1) is 9.40. The second-order valence-electron chi connectivity index (χ2n) is 4.18. The van der Waals surface area contributed by atoms with E-state index in [0.29, 0.717) is 0 Å². The maximum Gasteiger partial charge on any atom is 0.335 e. The second-order valence-corrected chi connectivity index (χ2v) is 6.17. The molecule has 0 saturated heterocycles. The van der Waals surface area contributed by atoms with Gasteiger partial charge in [0.05, 0.1) is 16.2 Å². The fourth-order valence-corrected chi connectivity index (χ4v) is 3.10. The van der Waals surface area contributed by atoms with Crippen molar-refractivity contribution < 1.29 is 22.7 Å². The lowest BCUT2D eigenvalue weighted by Gasteiger charge is -2.06. The molecule has 20 heavy (non-hydrogen) atoms. The third kappa shape index (κ3) is 3.03. The minimum absolute atomic E-state index is 0.0696. The van der Waals surface area contributed by atoms with Crippen LogP contribution in [0.3, 0.4) is 0 Å². The van der Waals surface area contributed by atoms with Crippen molar-refractivity contribution >= 4 is 15.8 Å². The monoisotopic (exact) mass is 294 g/mol. The summed E-state index contributed by atoms with van der Waals surface area (Å²) in [6.45, 7) is 0. The van der Waals surface area contributed by atoms with Crippen LogP contribution >= 0.6 is 0 Å². The fraction of sp³-hybridized carbons (Fsp3) is 0.0714. The predicted molar refractivity (Wildman–Crippen MR) is 70.7 cm³/mol. The van der Waals surface area contributed by atoms with Crippen molar-refractivity contribution in [2.24, 2.45) is 0 Å². The lowest BCUT2D eigenvalue weighted by molar-refractivity contribution is 0.0696. The van der Waals surface area contributed by atoms with Gasteiger partial charge in [-0.25, -0.2) is 17.6 Å². The molecule has 6 heteroatoms. The summed E-state index contributed by atoms with van der Waals surface area (Å²) in [5.41, 5.74) is -0.307. The number of carboxylic acids is 1. The van der Waals surface area contributed by atoms with E-state index in [4.69, 9.17) is 5.11 Å². The average Bonchev–Trinajstić information content (AvgIpc) is 2.42. The minimum atomic E-state index is -3.71. The molecule has 2 rings (SSSR count). The van der Waals surface area contributed by atoms with Crippen molar-refractivity contribution in [2.45, 2.75) is 10.6 Å². The van der Waals surface area contributed by atoms with Gasteiger partial charge in [0.25, 0.3) is 0 Å². The van der Waals surface area contributed by atoms with E-state index in [2.05, 4.69) is 0 Å². The lowest BCUT2D eigenvalue weighted by Crippen LogP contribution is -2.08. The molecule has 2 aromatic carbocycles. The molecule has 0 unspecified atom stereocenters. The lowest BCUT2D eigenvalue weighted by atomic mass is 10.1. The summed E-state index contributed by atoms with van der Waals surface area (Å²) in [5.74, 6) is -2.55. The summed E-state index contributed by atoms with van der Waals surface area (Å²) in [6, 6.07) is 10.7. The van der Waals surface area contributed by atoms with Gasteiger partial charge in [-0.3, -0.25) is 0 Å². The number of benzene rings is 2. The topological polar surface area (TPSA) is 71.4 Å². The Morgan fingerprint density at radius 2 is 1.75 bits per heavy atom. The van der Waals surface area contributed by atoms with E-state index in [1.54, 1.807) is 18.2 Å². The Morgan fingerprint density at radius 1 is 1.10 bits per heavy atom. The number of sulfone groups is 1. The molecule has 0 spiro atoms. The normalized spacial score (nSPS) is 11.2. The standard InChI is InChI=1S/C14H11FO4S/c15-13-7-6-10(14(16)17)8-11(13)9-20(18,19)12-4-2-1-3-5-12/h1-8H,9H2,(H,16,17). The highest BCUT2D eigenvalue weighted by atomic mass is 32.2. The molecule has 0 heterocycles. The number of hydrogen-bond donors (Lipinski definition) is 1. The van der Waals surface area contributed by atoms with Crippen molar-refractivity contribution in [3.05, 3.63) is 65.5 Å². The largest absolute Gasteiger partial charge is 0.478 e. The third-order valence-corrected chi connectivity index (χ3v) is 4.42. The van der Waals surface area contributed by atoms with Crippen LogP contribution in [0.25, 0.3) is 0 Å². The molecular weight excluding hydrogens is 283 g/mol. The summed E-state index contributed by atoms with van der Waals surface area (Å²) >= 11 is 0. The Bertz CT molecular complexity index is 739. The highest BCUT2D eigenvalue weighted by Crippen LogP contribution is 2.19. The number of hydrogen-bond acceptors (Lipinski definition) is 3. The van der Waals surface area contributed by atoms with Crippen LogP contribution in [0.5, 0.6) is 0 Å². The van der Waals surface area contributed by atoms with E-state index < -0.39 is 27.4 Å². The SMILES string of the molecule is O=C(O)c1ccc(F)c(CS(=O)(=O)c2ccccc2)c1. The zero-order valence-corrected chi connectivity index (χ0v) is 11.1. The molecule has 0 aromatic heterocycles. The smallest absolute Gasteiger partial charge is 0.335 e. The third-order valence-electron chi connectivity index (χ3n) is 2.74. The number of carbonyl (C=O) groups is 1. The highest BCUT2D eigenvalue weighted by Gasteiger charge is 2.18. The van der Waals surface area contributed by atoms with Crippen LogP contribution in [-0.2, 0) is 15.6 Å². The van der Waals surface area contributed by atoms with Crippen molar-refractivity contribution in [1.29, 1.82) is 0 Å². The minimum Gasteiger partial charge on any atom is -0.478 e. The van der Waals surface area contributed by atoms with Crippen molar-refractivity contribution in [2.75, 3.05) is 0 Å². The van der Waals surface area contributed by atoms with E-state index in [0.717, 1.165) is 18.2 Å². The molecule has 0 aliphatic rings. The predicted octanol–water partition coefficient (Wildman–Crippen LogP) is 2.50. The van der Waals surface area contributed by atoms with E-state index in [-0.39, 0.29) is 16.0 Å². The van der Waals surface area contributed by atoms with Gasteiger partial charge in [-0.2, -0.15) is 0 Å². The molecule has 0 aliphatic heterocycles. The van der Waals surface area contributed by atoms with Crippen molar-refractivity contribution in [1.82, 2.24) is 0 Å². The molecule has 0 amide bonds. The van der Waals surface area contributed by atoms with Gasteiger partial charge in [-0.1, -0.05) is 18.2 Å². The molecule has 1 N–H and O–H groups in total. The van der Waals surface area contributed by atoms with Crippen LogP contribution in [-0.4, -0.2) is 19.5 Å². The molecule has 0 bridgehead atoms. The molecule has 0 atom stereocenters. The first kappa shape index (κ1) is 14.2. The van der Waals surface area contributed by atoms with Crippen LogP contribution in [0.15, 0.2) is 53.4 Å². The van der Waals surface area contributed by atoms with Gasteiger partial charge in [0.15, 0.2) is 9.84 Å². The zero-order chi connectivity index (χ0) is 14.8. The van der Waals surface area contributed by atoms with Crippen LogP contribution in [0.4, 0.5) is 4.39 Å². The Kier molecular flexibility index (Phi) is 3.85. The molecule has 0 saturated carbocycles. The summed E-state index contributed by atoms with van der Waals surface area (Å²) in [7, 11) is -3.71. The fourth-order valence-electron chi connectivity index (χ4n) is 1.73. The van der Waals surface area contributed by atoms with Gasteiger partial charge in [0.1, 0.15) is 5.82 Å². The number of halogens is 1. The summed E-state index contributed by atoms with van der Waals surface area (Å²) in [4.78, 5) is 10.9. The summed E-state index contributed by atoms with van der Waals surface area (Å²) < 4.78 is 37.9. The zero-order valence-electron chi connectivity index (χ0n) is 10.3. The highest BCUT2D eigenvalue weighted by molar-refractivity contribution is 7.90. The van der Waals surface area contributed by atoms with Gasteiger partial charge in [0, 0.05) is 5.56 Å². The van der Waals surface area contributed by atoms with E-state index in [1.807, 2.05) is 0 Å². The van der Waals surface area contributed by atoms with E-state index in [9.17, 15) is 17.6 Å². The number of rotatable bonds is 4. The van der Waals surface area contributed by atoms with Crippen LogP contribution < -0.4 is 0 Å². The molecule has 2 aromatic rings. The van der Waals surface area contributed by atoms with Gasteiger partial charge in [-0.05, 0) is 30.3 Å². The first-order valence-electron chi connectivity index (χ1n) is 5.70. The Labute approximate surface area is 115 Å². The van der Waals surface area contributed by atoms with Crippen LogP contribution in [0.2, 0.25) is 0 Å². The molecule has 4 nitrogen and oxygen atoms in total. The van der Waals surface area contributed by atoms with Gasteiger partial charge in [0.2, 0.25) is 0 Å². The molecule has 0 fully saturated rings. The quantitative estimate of drug-likeness (QED) is 0.940. The Balaban J connectivity index is 2.39. The van der Waals surface area contributed by atoms with Gasteiger partial charge in [-0.15, -0.1) is 0 Å². The Morgan fingerprint density at radius 3 is 2.35 bits per heavy atom. The Hall–Kier alpha value is -2.21. The van der Waals surface area contributed by atoms with Crippen LogP contribution in [0, 0.1) is 5.82 Å². The molecule has 0 radical (unpaired) electrons. The van der Waals surface area contributed by atoms with Crippen molar-refractivity contribution in [3.63, 3.8) is 0 Å². The molecular formula is C14H11FO4S. The summed E-state index contributed by atoms with van der Waals surface area (Å²) in [6.07, 6.45) is 0. The maximum absolute atomic E-state index is 13.6. The van der Waals surface area contributed by atoms with E-state index in [1.165, 1.54) is 12.1 Å². The molecule has 0 aliphatic carbocycles. The van der Waals surface area contributed by atoms with Crippen LogP contribution in [0.1, 0.15) is 15.9 Å². The maximum atomic E-state index is 13.6. The van der Waals surface area contributed by atoms with Gasteiger partial charge >= 0.3 is 5.97 Å². The average molecular weight is 294 g/mol.